The molecule has 0 spiro atoms. The fourth-order valence-corrected chi connectivity index (χ4v) is 0.604. The molecule has 1 heterocycles. The number of rotatable bonds is 1. The van der Waals surface area contributed by atoms with E-state index in [1.165, 1.54) is 6.20 Å². The Morgan fingerprint density at radius 2 is 2.40 bits per heavy atom. The average Bonchev–Trinajstić information content (AvgIpc) is 1.94. The van der Waals surface area contributed by atoms with Gasteiger partial charge in [0.1, 0.15) is 0 Å². The molecule has 0 atom stereocenters. The smallest absolute Gasteiger partial charge is 0.0976 e. The van der Waals surface area contributed by atoms with Crippen molar-refractivity contribution in [3.05, 3.63) is 41.2 Å². The number of nitroso groups, excluding NO2 is 1. The van der Waals surface area contributed by atoms with Crippen LogP contribution < -0.4 is 0 Å². The minimum atomic E-state index is 0.359. The van der Waals surface area contributed by atoms with Crippen molar-refractivity contribution in [3.8, 4) is 0 Å². The van der Waals surface area contributed by atoms with Crippen molar-refractivity contribution in [1.29, 1.82) is 0 Å². The summed E-state index contributed by atoms with van der Waals surface area (Å²) in [6.45, 7) is 0. The summed E-state index contributed by atoms with van der Waals surface area (Å²) in [4.78, 5) is 9.70. The van der Waals surface area contributed by atoms with Crippen molar-refractivity contribution in [2.45, 2.75) is 0 Å². The van der Waals surface area contributed by atoms with Gasteiger partial charge < -0.3 is 0 Å². The van der Waals surface area contributed by atoms with Crippen LogP contribution in [0.2, 0.25) is 0 Å². The molecule has 1 aliphatic heterocycles. The fourth-order valence-electron chi connectivity index (χ4n) is 0.604. The van der Waals surface area contributed by atoms with Crippen molar-refractivity contribution in [2.75, 3.05) is 0 Å². The van der Waals surface area contributed by atoms with E-state index in [-0.39, 0.29) is 0 Å². The molecule has 4 heteroatoms. The van der Waals surface area contributed by atoms with Crippen LogP contribution in [0.25, 0.3) is 0 Å². The predicted molar refractivity (Wildman–Crippen MR) is 35.8 cm³/mol. The standard InChI is InChI=1S/C6H6N2O2/c9-7-5-6-3-1-2-4-8(6)10/h1-5,10H/b6-5+. The SMILES string of the molecule is O=N/C=C1\C=CC=CN1O. The summed E-state index contributed by atoms with van der Waals surface area (Å²) < 4.78 is 0. The lowest BCUT2D eigenvalue weighted by Gasteiger charge is -2.13. The van der Waals surface area contributed by atoms with E-state index >= 15 is 0 Å². The van der Waals surface area contributed by atoms with Crippen LogP contribution in [0.15, 0.2) is 41.5 Å². The second-order valence-corrected chi connectivity index (χ2v) is 1.70. The van der Waals surface area contributed by atoms with Crippen LogP contribution in [0.3, 0.4) is 0 Å². The van der Waals surface area contributed by atoms with Gasteiger partial charge in [-0.2, -0.15) is 0 Å². The first-order valence-corrected chi connectivity index (χ1v) is 2.70. The highest BCUT2D eigenvalue weighted by Crippen LogP contribution is 2.08. The summed E-state index contributed by atoms with van der Waals surface area (Å²) >= 11 is 0. The zero-order valence-electron chi connectivity index (χ0n) is 5.14. The Bertz CT molecular complexity index is 218. The largest absolute Gasteiger partial charge is 0.284 e. The minimum Gasteiger partial charge on any atom is -0.284 e. The van der Waals surface area contributed by atoms with E-state index in [0.29, 0.717) is 5.70 Å². The van der Waals surface area contributed by atoms with Gasteiger partial charge in [0.05, 0.1) is 11.9 Å². The summed E-state index contributed by atoms with van der Waals surface area (Å²) in [6.07, 6.45) is 7.35. The zero-order valence-corrected chi connectivity index (χ0v) is 5.14. The van der Waals surface area contributed by atoms with Gasteiger partial charge in [-0.25, -0.2) is 5.06 Å². The molecule has 0 amide bonds. The molecule has 10 heavy (non-hydrogen) atoms. The van der Waals surface area contributed by atoms with Crippen LogP contribution in [0.1, 0.15) is 0 Å². The van der Waals surface area contributed by atoms with Crippen LogP contribution in [-0.4, -0.2) is 10.3 Å². The van der Waals surface area contributed by atoms with Crippen LogP contribution in [0.5, 0.6) is 0 Å². The summed E-state index contributed by atoms with van der Waals surface area (Å²) in [5.41, 5.74) is 0.359. The third kappa shape index (κ3) is 1.29. The van der Waals surface area contributed by atoms with E-state index in [1.54, 1.807) is 18.2 Å². The van der Waals surface area contributed by atoms with Crippen molar-refractivity contribution in [2.24, 2.45) is 5.18 Å². The topological polar surface area (TPSA) is 52.9 Å². The van der Waals surface area contributed by atoms with Gasteiger partial charge in [-0.05, 0) is 17.3 Å². The van der Waals surface area contributed by atoms with Gasteiger partial charge in [0.15, 0.2) is 0 Å². The van der Waals surface area contributed by atoms with Gasteiger partial charge in [0.2, 0.25) is 0 Å². The molecule has 0 bridgehead atoms. The maximum atomic E-state index is 9.70. The second-order valence-electron chi connectivity index (χ2n) is 1.70. The van der Waals surface area contributed by atoms with Crippen LogP contribution in [-0.2, 0) is 0 Å². The van der Waals surface area contributed by atoms with E-state index in [9.17, 15) is 4.91 Å². The Morgan fingerprint density at radius 3 is 3.00 bits per heavy atom. The summed E-state index contributed by atoms with van der Waals surface area (Å²) in [5.74, 6) is 0. The molecule has 52 valence electrons. The first-order valence-electron chi connectivity index (χ1n) is 2.70. The van der Waals surface area contributed by atoms with Crippen LogP contribution in [0.4, 0.5) is 0 Å². The first kappa shape index (κ1) is 6.70. The van der Waals surface area contributed by atoms with Gasteiger partial charge in [0, 0.05) is 6.20 Å². The predicted octanol–water partition coefficient (Wildman–Crippen LogP) is 1.37. The number of hydroxylamine groups is 2. The maximum absolute atomic E-state index is 9.70. The lowest BCUT2D eigenvalue weighted by atomic mass is 10.3. The number of hydrogen-bond donors (Lipinski definition) is 1. The second kappa shape index (κ2) is 2.93. The highest BCUT2D eigenvalue weighted by atomic mass is 16.5. The third-order valence-electron chi connectivity index (χ3n) is 1.05. The lowest BCUT2D eigenvalue weighted by molar-refractivity contribution is -0.000478. The van der Waals surface area contributed by atoms with E-state index in [0.717, 1.165) is 11.3 Å². The van der Waals surface area contributed by atoms with Gasteiger partial charge >= 0.3 is 0 Å². The Kier molecular flexibility index (Phi) is 1.96. The maximum Gasteiger partial charge on any atom is 0.0976 e. The van der Waals surface area contributed by atoms with Crippen LogP contribution in [0, 0.1) is 4.91 Å². The molecular formula is C6H6N2O2. The molecule has 0 saturated heterocycles. The molecule has 1 aliphatic rings. The zero-order chi connectivity index (χ0) is 7.40. The first-order chi connectivity index (χ1) is 4.84. The third-order valence-corrected chi connectivity index (χ3v) is 1.05. The Hall–Kier alpha value is -1.42. The molecule has 0 aromatic heterocycles. The Labute approximate surface area is 57.7 Å². The van der Waals surface area contributed by atoms with E-state index in [1.807, 2.05) is 0 Å². The Morgan fingerprint density at radius 1 is 1.60 bits per heavy atom. The molecule has 0 radical (unpaired) electrons. The van der Waals surface area contributed by atoms with Crippen molar-refractivity contribution in [1.82, 2.24) is 5.06 Å². The average molecular weight is 138 g/mol. The summed E-state index contributed by atoms with van der Waals surface area (Å²) in [7, 11) is 0. The van der Waals surface area contributed by atoms with Gasteiger partial charge in [-0.1, -0.05) is 6.08 Å². The molecular weight excluding hydrogens is 132 g/mol. The van der Waals surface area contributed by atoms with Gasteiger partial charge in [-0.15, -0.1) is 4.91 Å². The molecule has 0 aliphatic carbocycles. The molecule has 1 rings (SSSR count). The van der Waals surface area contributed by atoms with Gasteiger partial charge in [-0.3, -0.25) is 5.21 Å². The van der Waals surface area contributed by atoms with E-state index in [4.69, 9.17) is 5.21 Å². The normalized spacial score (nSPS) is 20.1. The number of allylic oxidation sites excluding steroid dienone is 3. The Balaban J connectivity index is 2.79. The number of hydrogen-bond acceptors (Lipinski definition) is 4. The molecule has 0 saturated carbocycles. The molecule has 0 fully saturated rings. The number of nitrogens with zero attached hydrogens (tertiary/aromatic N) is 2. The minimum absolute atomic E-state index is 0.359. The fraction of sp³-hybridized carbons (Fsp3) is 0. The van der Waals surface area contributed by atoms with Crippen LogP contribution >= 0.6 is 0 Å². The van der Waals surface area contributed by atoms with Crippen molar-refractivity contribution in [3.63, 3.8) is 0 Å². The monoisotopic (exact) mass is 138 g/mol. The van der Waals surface area contributed by atoms with Gasteiger partial charge in [0.25, 0.3) is 0 Å². The molecule has 1 N–H and O–H groups in total. The van der Waals surface area contributed by atoms with Crippen molar-refractivity contribution < 1.29 is 5.21 Å². The molecule has 0 unspecified atom stereocenters. The molecule has 0 aromatic carbocycles. The molecule has 4 nitrogen and oxygen atoms in total. The quantitative estimate of drug-likeness (QED) is 0.556. The van der Waals surface area contributed by atoms with E-state index in [2.05, 4.69) is 5.18 Å². The molecule has 0 aromatic rings. The highest BCUT2D eigenvalue weighted by molar-refractivity contribution is 5.25. The van der Waals surface area contributed by atoms with Crippen molar-refractivity contribution >= 4 is 0 Å². The lowest BCUT2D eigenvalue weighted by Crippen LogP contribution is -2.10. The summed E-state index contributed by atoms with van der Waals surface area (Å²) in [6, 6.07) is 0. The highest BCUT2D eigenvalue weighted by Gasteiger charge is 2.00. The van der Waals surface area contributed by atoms with E-state index < -0.39 is 0 Å². The summed E-state index contributed by atoms with van der Waals surface area (Å²) in [5, 5.41) is 12.3.